The number of anilines is 1. The van der Waals surface area contributed by atoms with Crippen molar-refractivity contribution in [2.45, 2.75) is 32.1 Å². The van der Waals surface area contributed by atoms with Gasteiger partial charge in [-0.1, -0.05) is 22.4 Å². The molecule has 3 heteroatoms. The molecule has 1 aromatic rings. The largest absolute Gasteiger partial charge is 0.326 e. The maximum Gasteiger partial charge on any atom is 0.224 e. The van der Waals surface area contributed by atoms with Gasteiger partial charge in [-0.05, 0) is 61.3 Å². The number of nitrogens with one attached hydrogen (secondary N) is 1. The van der Waals surface area contributed by atoms with Crippen LogP contribution < -0.4 is 5.32 Å². The van der Waals surface area contributed by atoms with Gasteiger partial charge in [0.2, 0.25) is 5.91 Å². The molecule has 0 heterocycles. The summed E-state index contributed by atoms with van der Waals surface area (Å²) in [6.07, 6.45) is 6.10. The SMILES string of the molecule is O=C(C[C@@H]1C[C@@H]2CC[C@@H]1C2)Nc1ccc(Br)cc1. The molecule has 2 aliphatic carbocycles. The van der Waals surface area contributed by atoms with Crippen LogP contribution in [-0.2, 0) is 4.79 Å². The average molecular weight is 308 g/mol. The third-order valence-corrected chi connectivity index (χ3v) is 4.99. The Kier molecular flexibility index (Phi) is 3.42. The van der Waals surface area contributed by atoms with Crippen LogP contribution in [0.5, 0.6) is 0 Å². The van der Waals surface area contributed by atoms with E-state index in [-0.39, 0.29) is 5.91 Å². The lowest BCUT2D eigenvalue weighted by Gasteiger charge is -2.20. The highest BCUT2D eigenvalue weighted by Crippen LogP contribution is 2.49. The topological polar surface area (TPSA) is 29.1 Å². The Balaban J connectivity index is 1.54. The fourth-order valence-corrected chi connectivity index (χ4v) is 3.87. The molecule has 0 saturated heterocycles. The van der Waals surface area contributed by atoms with Gasteiger partial charge >= 0.3 is 0 Å². The van der Waals surface area contributed by atoms with E-state index in [1.54, 1.807) is 0 Å². The van der Waals surface area contributed by atoms with Gasteiger partial charge in [-0.25, -0.2) is 0 Å². The number of amides is 1. The third kappa shape index (κ3) is 2.61. The zero-order valence-electron chi connectivity index (χ0n) is 10.4. The molecular weight excluding hydrogens is 290 g/mol. The first kappa shape index (κ1) is 12.2. The summed E-state index contributed by atoms with van der Waals surface area (Å²) in [5, 5.41) is 3.00. The van der Waals surface area contributed by atoms with Crippen molar-refractivity contribution in [3.63, 3.8) is 0 Å². The second kappa shape index (κ2) is 5.04. The summed E-state index contributed by atoms with van der Waals surface area (Å²) in [5.74, 6) is 2.56. The van der Waals surface area contributed by atoms with Gasteiger partial charge < -0.3 is 5.32 Å². The Labute approximate surface area is 116 Å². The van der Waals surface area contributed by atoms with Gasteiger partial charge in [-0.15, -0.1) is 0 Å². The Morgan fingerprint density at radius 2 is 2.00 bits per heavy atom. The van der Waals surface area contributed by atoms with Crippen LogP contribution in [0.4, 0.5) is 5.69 Å². The molecule has 1 amide bonds. The van der Waals surface area contributed by atoms with Gasteiger partial charge in [0.1, 0.15) is 0 Å². The van der Waals surface area contributed by atoms with E-state index in [2.05, 4.69) is 21.2 Å². The summed E-state index contributed by atoms with van der Waals surface area (Å²) < 4.78 is 1.04. The van der Waals surface area contributed by atoms with E-state index in [0.29, 0.717) is 12.3 Å². The fourth-order valence-electron chi connectivity index (χ4n) is 3.61. The molecule has 0 aliphatic heterocycles. The van der Waals surface area contributed by atoms with Gasteiger partial charge in [0.15, 0.2) is 0 Å². The molecule has 0 spiro atoms. The summed E-state index contributed by atoms with van der Waals surface area (Å²) in [4.78, 5) is 12.0. The molecule has 2 fully saturated rings. The second-order valence-corrected chi connectivity index (χ2v) is 6.61. The highest BCUT2D eigenvalue weighted by Gasteiger charge is 2.40. The molecule has 0 radical (unpaired) electrons. The molecule has 2 bridgehead atoms. The number of carbonyl (C=O) groups is 1. The van der Waals surface area contributed by atoms with Gasteiger partial charge in [0.05, 0.1) is 0 Å². The Bertz CT molecular complexity index is 442. The van der Waals surface area contributed by atoms with Crippen molar-refractivity contribution in [3.8, 4) is 0 Å². The van der Waals surface area contributed by atoms with E-state index < -0.39 is 0 Å². The Morgan fingerprint density at radius 3 is 2.61 bits per heavy atom. The number of rotatable bonds is 3. The first-order chi connectivity index (χ1) is 8.70. The average Bonchev–Trinajstić information content (AvgIpc) is 2.94. The van der Waals surface area contributed by atoms with Crippen LogP contribution in [0.3, 0.4) is 0 Å². The van der Waals surface area contributed by atoms with E-state index in [0.717, 1.165) is 22.0 Å². The monoisotopic (exact) mass is 307 g/mol. The van der Waals surface area contributed by atoms with Gasteiger partial charge in [-0.2, -0.15) is 0 Å². The van der Waals surface area contributed by atoms with Crippen molar-refractivity contribution in [1.82, 2.24) is 0 Å². The van der Waals surface area contributed by atoms with Crippen LogP contribution >= 0.6 is 15.9 Å². The smallest absolute Gasteiger partial charge is 0.224 e. The zero-order chi connectivity index (χ0) is 12.5. The highest BCUT2D eigenvalue weighted by molar-refractivity contribution is 9.10. The fraction of sp³-hybridized carbons (Fsp3) is 0.533. The van der Waals surface area contributed by atoms with E-state index in [1.807, 2.05) is 24.3 Å². The quantitative estimate of drug-likeness (QED) is 0.890. The molecule has 96 valence electrons. The van der Waals surface area contributed by atoms with Gasteiger partial charge in [0, 0.05) is 16.6 Å². The summed E-state index contributed by atoms with van der Waals surface area (Å²) in [6.45, 7) is 0. The summed E-state index contributed by atoms with van der Waals surface area (Å²) in [7, 11) is 0. The van der Waals surface area contributed by atoms with Crippen molar-refractivity contribution in [2.75, 3.05) is 5.32 Å². The lowest BCUT2D eigenvalue weighted by atomic mass is 9.86. The standard InChI is InChI=1S/C15H18BrNO/c16-13-3-5-14(6-4-13)17-15(18)9-12-8-10-1-2-11(12)7-10/h3-6,10-12H,1-2,7-9H2,(H,17,18)/t10-,11-,12+/m1/s1. The van der Waals surface area contributed by atoms with Crippen LogP contribution in [0.15, 0.2) is 28.7 Å². The van der Waals surface area contributed by atoms with Crippen molar-refractivity contribution in [1.29, 1.82) is 0 Å². The molecule has 2 aliphatic rings. The number of fused-ring (bicyclic) bond motifs is 2. The molecule has 3 rings (SSSR count). The van der Waals surface area contributed by atoms with Crippen molar-refractivity contribution >= 4 is 27.5 Å². The molecule has 0 aromatic heterocycles. The maximum absolute atomic E-state index is 12.0. The first-order valence-electron chi connectivity index (χ1n) is 6.76. The van der Waals surface area contributed by atoms with E-state index >= 15 is 0 Å². The van der Waals surface area contributed by atoms with Crippen LogP contribution in [0.1, 0.15) is 32.1 Å². The van der Waals surface area contributed by atoms with Crippen LogP contribution in [0.25, 0.3) is 0 Å². The second-order valence-electron chi connectivity index (χ2n) is 5.69. The van der Waals surface area contributed by atoms with Crippen molar-refractivity contribution in [2.24, 2.45) is 17.8 Å². The molecule has 0 unspecified atom stereocenters. The highest BCUT2D eigenvalue weighted by atomic mass is 79.9. The predicted octanol–water partition coefficient (Wildman–Crippen LogP) is 4.21. The number of carbonyl (C=O) groups excluding carboxylic acids is 1. The molecule has 2 saturated carbocycles. The predicted molar refractivity (Wildman–Crippen MR) is 76.3 cm³/mol. The lowest BCUT2D eigenvalue weighted by molar-refractivity contribution is -0.117. The lowest BCUT2D eigenvalue weighted by Crippen LogP contribution is -2.20. The molecule has 1 aromatic carbocycles. The minimum atomic E-state index is 0.176. The van der Waals surface area contributed by atoms with Crippen LogP contribution in [-0.4, -0.2) is 5.91 Å². The number of hydrogen-bond acceptors (Lipinski definition) is 1. The van der Waals surface area contributed by atoms with Crippen molar-refractivity contribution < 1.29 is 4.79 Å². The normalized spacial score (nSPS) is 29.5. The number of halogens is 1. The summed E-state index contributed by atoms with van der Waals surface area (Å²) in [6, 6.07) is 7.77. The summed E-state index contributed by atoms with van der Waals surface area (Å²) >= 11 is 3.39. The Morgan fingerprint density at radius 1 is 1.22 bits per heavy atom. The van der Waals surface area contributed by atoms with Crippen molar-refractivity contribution in [3.05, 3.63) is 28.7 Å². The third-order valence-electron chi connectivity index (χ3n) is 4.46. The molecule has 18 heavy (non-hydrogen) atoms. The van der Waals surface area contributed by atoms with E-state index in [4.69, 9.17) is 0 Å². The van der Waals surface area contributed by atoms with E-state index in [1.165, 1.54) is 25.7 Å². The maximum atomic E-state index is 12.0. The Hall–Kier alpha value is -0.830. The molecule has 2 nitrogen and oxygen atoms in total. The number of benzene rings is 1. The van der Waals surface area contributed by atoms with E-state index in [9.17, 15) is 4.79 Å². The summed E-state index contributed by atoms with van der Waals surface area (Å²) in [5.41, 5.74) is 0.895. The van der Waals surface area contributed by atoms with Crippen LogP contribution in [0.2, 0.25) is 0 Å². The molecule has 3 atom stereocenters. The molecular formula is C15H18BrNO. The molecule has 1 N–H and O–H groups in total. The first-order valence-corrected chi connectivity index (χ1v) is 7.55. The zero-order valence-corrected chi connectivity index (χ0v) is 11.9. The number of hydrogen-bond donors (Lipinski definition) is 1. The van der Waals surface area contributed by atoms with Gasteiger partial charge in [-0.3, -0.25) is 4.79 Å². The minimum absolute atomic E-state index is 0.176. The van der Waals surface area contributed by atoms with Crippen LogP contribution in [0, 0.1) is 17.8 Å². The minimum Gasteiger partial charge on any atom is -0.326 e. The van der Waals surface area contributed by atoms with Gasteiger partial charge in [0.25, 0.3) is 0 Å².